The van der Waals surface area contributed by atoms with Crippen LogP contribution in [0.1, 0.15) is 40.5 Å². The summed E-state index contributed by atoms with van der Waals surface area (Å²) in [6, 6.07) is 0. The third kappa shape index (κ3) is 6.16. The minimum Gasteiger partial charge on any atom is -0.231 e. The first-order valence-corrected chi connectivity index (χ1v) is 6.60. The monoisotopic (exact) mass is 268 g/mol. The molecule has 0 aromatic rings. The van der Waals surface area contributed by atoms with Gasteiger partial charge in [0.05, 0.1) is 6.10 Å². The molecule has 4 nitrogen and oxygen atoms in total. The van der Waals surface area contributed by atoms with Gasteiger partial charge in [0, 0.05) is 6.42 Å². The van der Waals surface area contributed by atoms with Crippen LogP contribution < -0.4 is 0 Å². The summed E-state index contributed by atoms with van der Waals surface area (Å²) in [6.45, 7) is 11.5. The van der Waals surface area contributed by atoms with Gasteiger partial charge in [-0.2, -0.15) is 0 Å². The van der Waals surface area contributed by atoms with Gasteiger partial charge in [0.2, 0.25) is 6.29 Å². The molecule has 1 heterocycles. The average Bonchev–Trinajstić information content (AvgIpc) is 2.37. The van der Waals surface area contributed by atoms with Crippen molar-refractivity contribution >= 4 is 0 Å². The van der Waals surface area contributed by atoms with E-state index in [1.54, 1.807) is 6.08 Å². The molecule has 19 heavy (non-hydrogen) atoms. The minimum atomic E-state index is -0.464. The summed E-state index contributed by atoms with van der Waals surface area (Å²) in [5.41, 5.74) is 0.665. The van der Waals surface area contributed by atoms with Crippen LogP contribution in [0.4, 0.5) is 0 Å². The molecule has 0 radical (unpaired) electrons. The van der Waals surface area contributed by atoms with E-state index in [1.165, 1.54) is 0 Å². The fourth-order valence-corrected chi connectivity index (χ4v) is 1.48. The fourth-order valence-electron chi connectivity index (χ4n) is 1.48. The Balaban J connectivity index is 2.40. The summed E-state index contributed by atoms with van der Waals surface area (Å²) in [5.74, 6) is 0. The van der Waals surface area contributed by atoms with E-state index in [4.69, 9.17) is 19.6 Å². The van der Waals surface area contributed by atoms with Gasteiger partial charge in [0.1, 0.15) is 5.60 Å². The highest BCUT2D eigenvalue weighted by atomic mass is 17.3. The van der Waals surface area contributed by atoms with Crippen molar-refractivity contribution in [3.8, 4) is 0 Å². The predicted molar refractivity (Wildman–Crippen MR) is 74.0 cm³/mol. The van der Waals surface area contributed by atoms with Crippen molar-refractivity contribution in [2.75, 3.05) is 0 Å². The maximum absolute atomic E-state index is 5.38. The first-order valence-electron chi connectivity index (χ1n) is 6.60. The topological polar surface area (TPSA) is 36.9 Å². The molecule has 1 saturated heterocycles. The van der Waals surface area contributed by atoms with E-state index < -0.39 is 11.9 Å². The zero-order chi connectivity index (χ0) is 14.3. The molecule has 0 amide bonds. The van der Waals surface area contributed by atoms with Crippen molar-refractivity contribution in [3.05, 3.63) is 36.5 Å². The quantitative estimate of drug-likeness (QED) is 0.416. The van der Waals surface area contributed by atoms with Gasteiger partial charge in [0.15, 0.2) is 0 Å². The van der Waals surface area contributed by atoms with Gasteiger partial charge in [-0.3, -0.25) is 0 Å². The van der Waals surface area contributed by atoms with Crippen LogP contribution in [0.3, 0.4) is 0 Å². The van der Waals surface area contributed by atoms with Crippen molar-refractivity contribution < 1.29 is 19.6 Å². The standard InChI is InChI=1S/C15H24O4/c1-6-13(4)8-7-10-15(5)11-9-14(18-19-15)17-16-12(2)3/h6-8,10,12,14H,1,9,11H2,2-5H3/b10-7+,13-8+. The van der Waals surface area contributed by atoms with Gasteiger partial charge in [-0.1, -0.05) is 30.4 Å². The second-order valence-corrected chi connectivity index (χ2v) is 5.18. The SMILES string of the molecule is C=C/C(C)=C/C=C/C1(C)CCC(OOC(C)C)OO1. The maximum Gasteiger partial charge on any atom is 0.224 e. The van der Waals surface area contributed by atoms with E-state index in [0.717, 1.165) is 18.4 Å². The second kappa shape index (κ2) is 7.60. The smallest absolute Gasteiger partial charge is 0.224 e. The molecule has 4 heteroatoms. The highest BCUT2D eigenvalue weighted by Crippen LogP contribution is 2.28. The van der Waals surface area contributed by atoms with Crippen LogP contribution >= 0.6 is 0 Å². The van der Waals surface area contributed by atoms with Crippen LogP contribution in [0.2, 0.25) is 0 Å². The molecule has 0 N–H and O–H groups in total. The van der Waals surface area contributed by atoms with E-state index in [-0.39, 0.29) is 6.10 Å². The Kier molecular flexibility index (Phi) is 6.45. The van der Waals surface area contributed by atoms with Crippen LogP contribution in [0, 0.1) is 0 Å². The first-order chi connectivity index (χ1) is 8.95. The Labute approximate surface area is 115 Å². The molecule has 0 spiro atoms. The first kappa shape index (κ1) is 16.1. The molecule has 1 aliphatic rings. The molecule has 108 valence electrons. The molecular weight excluding hydrogens is 244 g/mol. The largest absolute Gasteiger partial charge is 0.231 e. The van der Waals surface area contributed by atoms with Crippen molar-refractivity contribution in [2.24, 2.45) is 0 Å². The van der Waals surface area contributed by atoms with E-state index >= 15 is 0 Å². The maximum atomic E-state index is 5.38. The van der Waals surface area contributed by atoms with Gasteiger partial charge in [-0.25, -0.2) is 19.6 Å². The van der Waals surface area contributed by atoms with Crippen LogP contribution in [0.25, 0.3) is 0 Å². The predicted octanol–water partition coefficient (Wildman–Crippen LogP) is 3.86. The summed E-state index contributed by atoms with van der Waals surface area (Å²) >= 11 is 0. The van der Waals surface area contributed by atoms with Crippen LogP contribution in [0.15, 0.2) is 36.5 Å². The van der Waals surface area contributed by atoms with Crippen LogP contribution in [-0.4, -0.2) is 18.0 Å². The summed E-state index contributed by atoms with van der Waals surface area (Å²) in [5, 5.41) is 0. The number of rotatable bonds is 6. The summed E-state index contributed by atoms with van der Waals surface area (Å²) in [7, 11) is 0. The van der Waals surface area contributed by atoms with Gasteiger partial charge in [-0.05, 0) is 40.2 Å². The van der Waals surface area contributed by atoms with Crippen molar-refractivity contribution in [2.45, 2.75) is 58.5 Å². The molecular formula is C15H24O4. The zero-order valence-corrected chi connectivity index (χ0v) is 12.2. The molecule has 2 atom stereocenters. The molecule has 0 aliphatic carbocycles. The lowest BCUT2D eigenvalue weighted by molar-refractivity contribution is -0.503. The van der Waals surface area contributed by atoms with E-state index in [0.29, 0.717) is 0 Å². The lowest BCUT2D eigenvalue weighted by Gasteiger charge is -2.33. The third-order valence-electron chi connectivity index (χ3n) is 2.71. The Morgan fingerprint density at radius 2 is 2.21 bits per heavy atom. The van der Waals surface area contributed by atoms with E-state index in [9.17, 15) is 0 Å². The fraction of sp³-hybridized carbons (Fsp3) is 0.600. The normalized spacial score (nSPS) is 29.1. The average molecular weight is 268 g/mol. The van der Waals surface area contributed by atoms with Gasteiger partial charge >= 0.3 is 0 Å². The third-order valence-corrected chi connectivity index (χ3v) is 2.71. The Hall–Kier alpha value is -0.940. The zero-order valence-electron chi connectivity index (χ0n) is 12.2. The van der Waals surface area contributed by atoms with E-state index in [2.05, 4.69) is 6.58 Å². The summed E-state index contributed by atoms with van der Waals surface area (Å²) < 4.78 is 0. The highest BCUT2D eigenvalue weighted by Gasteiger charge is 2.32. The summed E-state index contributed by atoms with van der Waals surface area (Å²) in [6.07, 6.45) is 8.77. The molecule has 1 rings (SSSR count). The summed E-state index contributed by atoms with van der Waals surface area (Å²) in [4.78, 5) is 20.7. The molecule has 0 aromatic heterocycles. The second-order valence-electron chi connectivity index (χ2n) is 5.18. The number of hydrogen-bond acceptors (Lipinski definition) is 4. The van der Waals surface area contributed by atoms with Gasteiger partial charge in [-0.15, -0.1) is 0 Å². The Morgan fingerprint density at radius 1 is 1.47 bits per heavy atom. The highest BCUT2D eigenvalue weighted by molar-refractivity contribution is 5.21. The lowest BCUT2D eigenvalue weighted by Crippen LogP contribution is -2.37. The molecule has 0 bridgehead atoms. The molecule has 1 fully saturated rings. The molecule has 0 saturated carbocycles. The molecule has 0 aromatic carbocycles. The van der Waals surface area contributed by atoms with Crippen molar-refractivity contribution in [1.82, 2.24) is 0 Å². The van der Waals surface area contributed by atoms with Crippen molar-refractivity contribution in [1.29, 1.82) is 0 Å². The van der Waals surface area contributed by atoms with Gasteiger partial charge < -0.3 is 0 Å². The Bertz CT molecular complexity index is 336. The lowest BCUT2D eigenvalue weighted by atomic mass is 9.98. The molecule has 1 aliphatic heterocycles. The Morgan fingerprint density at radius 3 is 2.74 bits per heavy atom. The van der Waals surface area contributed by atoms with Crippen molar-refractivity contribution in [3.63, 3.8) is 0 Å². The minimum absolute atomic E-state index is 0.00354. The van der Waals surface area contributed by atoms with E-state index in [1.807, 2.05) is 45.9 Å². The molecule has 2 unspecified atom stereocenters. The number of allylic oxidation sites excluding steroid dienone is 4. The number of hydrogen-bond donors (Lipinski definition) is 0. The van der Waals surface area contributed by atoms with Crippen LogP contribution in [-0.2, 0) is 19.6 Å². The van der Waals surface area contributed by atoms with Crippen LogP contribution in [0.5, 0.6) is 0 Å². The van der Waals surface area contributed by atoms with Gasteiger partial charge in [0.25, 0.3) is 0 Å².